The van der Waals surface area contributed by atoms with Crippen LogP contribution in [0.5, 0.6) is 0 Å². The monoisotopic (exact) mass is 207 g/mol. The summed E-state index contributed by atoms with van der Waals surface area (Å²) in [5.41, 5.74) is -1.08. The van der Waals surface area contributed by atoms with Crippen LogP contribution in [0.3, 0.4) is 0 Å². The third-order valence-corrected chi connectivity index (χ3v) is 4.49. The largest absolute Gasteiger partial charge is 0.388 e. The fourth-order valence-corrected chi connectivity index (χ4v) is 3.45. The Balaban J connectivity index is 2.22. The maximum atomic E-state index is 10.7. The average Bonchev–Trinajstić information content (AvgIpc) is 2.57. The molecule has 1 N–H and O–H groups in total. The lowest BCUT2D eigenvalue weighted by atomic mass is 9.67. The predicted molar refractivity (Wildman–Crippen MR) is 59.2 cm³/mol. The molecular weight excluding hydrogens is 186 g/mol. The van der Waals surface area contributed by atoms with Crippen LogP contribution in [0.2, 0.25) is 0 Å². The van der Waals surface area contributed by atoms with Crippen molar-refractivity contribution in [2.24, 2.45) is 5.41 Å². The standard InChI is InChI=1S/C13H21NO/c14-11-12(7-3-1-2-4-8-12)13(15)9-5-6-10-13/h15H,1-10H2. The van der Waals surface area contributed by atoms with Gasteiger partial charge in [-0.25, -0.2) is 0 Å². The molecule has 2 aliphatic carbocycles. The molecule has 0 aliphatic heterocycles. The second-order valence-corrected chi connectivity index (χ2v) is 5.35. The van der Waals surface area contributed by atoms with Crippen LogP contribution in [-0.2, 0) is 0 Å². The molecule has 2 nitrogen and oxygen atoms in total. The molecule has 0 amide bonds. The summed E-state index contributed by atoms with van der Waals surface area (Å²) < 4.78 is 0. The van der Waals surface area contributed by atoms with E-state index in [1.807, 2.05) is 0 Å². The first-order valence-corrected chi connectivity index (χ1v) is 6.36. The molecule has 2 heteroatoms. The van der Waals surface area contributed by atoms with Gasteiger partial charge in [0.05, 0.1) is 17.1 Å². The van der Waals surface area contributed by atoms with Crippen molar-refractivity contribution in [3.63, 3.8) is 0 Å². The molecule has 0 aromatic rings. The van der Waals surface area contributed by atoms with Crippen molar-refractivity contribution in [3.05, 3.63) is 0 Å². The summed E-state index contributed by atoms with van der Waals surface area (Å²) in [7, 11) is 0. The minimum atomic E-state index is -0.661. The van der Waals surface area contributed by atoms with Crippen LogP contribution < -0.4 is 0 Å². The third-order valence-electron chi connectivity index (χ3n) is 4.49. The van der Waals surface area contributed by atoms with Crippen molar-refractivity contribution >= 4 is 0 Å². The van der Waals surface area contributed by atoms with Crippen molar-refractivity contribution < 1.29 is 5.11 Å². The summed E-state index contributed by atoms with van der Waals surface area (Å²) in [5, 5.41) is 20.2. The van der Waals surface area contributed by atoms with Crippen LogP contribution in [-0.4, -0.2) is 10.7 Å². The zero-order valence-electron chi connectivity index (χ0n) is 9.47. The fraction of sp³-hybridized carbons (Fsp3) is 0.923. The molecule has 0 bridgehead atoms. The van der Waals surface area contributed by atoms with Crippen molar-refractivity contribution in [2.45, 2.75) is 69.8 Å². The highest BCUT2D eigenvalue weighted by molar-refractivity contribution is 5.13. The van der Waals surface area contributed by atoms with Crippen molar-refractivity contribution in [1.82, 2.24) is 0 Å². The molecule has 0 aromatic heterocycles. The Morgan fingerprint density at radius 3 is 1.73 bits per heavy atom. The lowest BCUT2D eigenvalue weighted by molar-refractivity contribution is -0.0572. The number of aliphatic hydroxyl groups is 1. The summed E-state index contributed by atoms with van der Waals surface area (Å²) in [5.74, 6) is 0. The summed E-state index contributed by atoms with van der Waals surface area (Å²) in [6, 6.07) is 2.49. The van der Waals surface area contributed by atoms with Gasteiger partial charge in [0, 0.05) is 0 Å². The van der Waals surface area contributed by atoms with E-state index < -0.39 is 11.0 Å². The van der Waals surface area contributed by atoms with E-state index in [2.05, 4.69) is 6.07 Å². The molecule has 84 valence electrons. The van der Waals surface area contributed by atoms with Crippen LogP contribution in [0, 0.1) is 16.7 Å². The predicted octanol–water partition coefficient (Wildman–Crippen LogP) is 3.16. The zero-order valence-corrected chi connectivity index (χ0v) is 9.47. The summed E-state index contributed by atoms with van der Waals surface area (Å²) in [6.45, 7) is 0. The second-order valence-electron chi connectivity index (χ2n) is 5.35. The highest BCUT2D eigenvalue weighted by Gasteiger charge is 2.51. The molecular formula is C13H21NO. The van der Waals surface area contributed by atoms with Gasteiger partial charge in [-0.15, -0.1) is 0 Å². The normalized spacial score (nSPS) is 29.3. The zero-order chi connectivity index (χ0) is 10.8. The van der Waals surface area contributed by atoms with Gasteiger partial charge in [0.15, 0.2) is 0 Å². The van der Waals surface area contributed by atoms with Crippen LogP contribution in [0.4, 0.5) is 0 Å². The second kappa shape index (κ2) is 4.14. The van der Waals surface area contributed by atoms with Crippen LogP contribution in [0.25, 0.3) is 0 Å². The van der Waals surface area contributed by atoms with Gasteiger partial charge in [0.2, 0.25) is 0 Å². The molecule has 2 saturated carbocycles. The highest BCUT2D eigenvalue weighted by atomic mass is 16.3. The van der Waals surface area contributed by atoms with Crippen LogP contribution in [0.1, 0.15) is 64.2 Å². The van der Waals surface area contributed by atoms with Crippen molar-refractivity contribution in [3.8, 4) is 6.07 Å². The molecule has 0 spiro atoms. The molecule has 0 aromatic carbocycles. The molecule has 0 unspecified atom stereocenters. The maximum Gasteiger partial charge on any atom is 0.0860 e. The first-order valence-electron chi connectivity index (χ1n) is 6.36. The van der Waals surface area contributed by atoms with Gasteiger partial charge in [-0.05, 0) is 25.7 Å². The Bertz CT molecular complexity index is 252. The minimum absolute atomic E-state index is 0.417. The van der Waals surface area contributed by atoms with E-state index in [4.69, 9.17) is 0 Å². The molecule has 0 heterocycles. The molecule has 0 atom stereocenters. The number of hydrogen-bond acceptors (Lipinski definition) is 2. The lowest BCUT2D eigenvalue weighted by Crippen LogP contribution is -2.45. The molecule has 2 rings (SSSR count). The molecule has 2 fully saturated rings. The summed E-state index contributed by atoms with van der Waals surface area (Å²) >= 11 is 0. The van der Waals surface area contributed by atoms with Crippen LogP contribution in [0.15, 0.2) is 0 Å². The minimum Gasteiger partial charge on any atom is -0.388 e. The Morgan fingerprint density at radius 1 is 0.800 bits per heavy atom. The van der Waals surface area contributed by atoms with Crippen molar-refractivity contribution in [1.29, 1.82) is 5.26 Å². The number of nitrogens with zero attached hydrogens (tertiary/aromatic N) is 1. The van der Waals surface area contributed by atoms with E-state index in [0.29, 0.717) is 0 Å². The van der Waals surface area contributed by atoms with Gasteiger partial charge in [-0.2, -0.15) is 5.26 Å². The van der Waals surface area contributed by atoms with Gasteiger partial charge in [0.1, 0.15) is 0 Å². The van der Waals surface area contributed by atoms with E-state index in [9.17, 15) is 10.4 Å². The van der Waals surface area contributed by atoms with E-state index >= 15 is 0 Å². The van der Waals surface area contributed by atoms with Gasteiger partial charge >= 0.3 is 0 Å². The smallest absolute Gasteiger partial charge is 0.0860 e. The van der Waals surface area contributed by atoms with Crippen molar-refractivity contribution in [2.75, 3.05) is 0 Å². The first kappa shape index (κ1) is 11.0. The number of hydrogen-bond donors (Lipinski definition) is 1. The molecule has 15 heavy (non-hydrogen) atoms. The lowest BCUT2D eigenvalue weighted by Gasteiger charge is -2.39. The molecule has 2 aliphatic rings. The van der Waals surface area contributed by atoms with Gasteiger partial charge < -0.3 is 5.11 Å². The Labute approximate surface area is 92.3 Å². The Hall–Kier alpha value is -0.550. The number of rotatable bonds is 1. The molecule has 0 radical (unpaired) electrons. The van der Waals surface area contributed by atoms with Gasteiger partial charge in [0.25, 0.3) is 0 Å². The van der Waals surface area contributed by atoms with Gasteiger partial charge in [-0.1, -0.05) is 38.5 Å². The van der Waals surface area contributed by atoms with E-state index in [1.54, 1.807) is 0 Å². The molecule has 0 saturated heterocycles. The maximum absolute atomic E-state index is 10.7. The SMILES string of the molecule is N#CC1(C2(O)CCCC2)CCCCCC1. The van der Waals surface area contributed by atoms with E-state index in [-0.39, 0.29) is 0 Å². The Morgan fingerprint density at radius 2 is 1.27 bits per heavy atom. The quantitative estimate of drug-likeness (QED) is 0.671. The summed E-state index contributed by atoms with van der Waals surface area (Å²) in [4.78, 5) is 0. The number of nitriles is 1. The van der Waals surface area contributed by atoms with Gasteiger partial charge in [-0.3, -0.25) is 0 Å². The van der Waals surface area contributed by atoms with Crippen LogP contribution >= 0.6 is 0 Å². The summed E-state index contributed by atoms with van der Waals surface area (Å²) in [6.07, 6.45) is 10.4. The first-order chi connectivity index (χ1) is 7.22. The fourth-order valence-electron chi connectivity index (χ4n) is 3.45. The Kier molecular flexibility index (Phi) is 3.02. The average molecular weight is 207 g/mol. The van der Waals surface area contributed by atoms with E-state index in [1.165, 1.54) is 12.8 Å². The third kappa shape index (κ3) is 1.78. The topological polar surface area (TPSA) is 44.0 Å². The highest BCUT2D eigenvalue weighted by Crippen LogP contribution is 2.50. The van der Waals surface area contributed by atoms with E-state index in [0.717, 1.165) is 51.4 Å².